The van der Waals surface area contributed by atoms with Crippen molar-refractivity contribution < 1.29 is 24.2 Å². The summed E-state index contributed by atoms with van der Waals surface area (Å²) < 4.78 is 5.30. The molecule has 2 amide bonds. The van der Waals surface area contributed by atoms with E-state index in [1.165, 1.54) is 0 Å². The van der Waals surface area contributed by atoms with Crippen LogP contribution in [0.5, 0.6) is 5.75 Å². The van der Waals surface area contributed by atoms with E-state index >= 15 is 0 Å². The highest BCUT2D eigenvalue weighted by molar-refractivity contribution is 5.98. The van der Waals surface area contributed by atoms with Crippen molar-refractivity contribution in [3.63, 3.8) is 0 Å². The second-order valence-electron chi connectivity index (χ2n) is 6.25. The maximum absolute atomic E-state index is 12.9. The first-order valence-corrected chi connectivity index (χ1v) is 8.33. The zero-order chi connectivity index (χ0) is 18.6. The van der Waals surface area contributed by atoms with Crippen molar-refractivity contribution in [2.45, 2.75) is 39.2 Å². The quantitative estimate of drug-likeness (QED) is 0.841. The monoisotopic (exact) mass is 348 g/mol. The number of carbonyl (C=O) groups excluding carboxylic acids is 2. The summed E-state index contributed by atoms with van der Waals surface area (Å²) in [6, 6.07) is 2.92. The first kappa shape index (κ1) is 18.8. The van der Waals surface area contributed by atoms with Crippen molar-refractivity contribution in [3.05, 3.63) is 28.8 Å². The van der Waals surface area contributed by atoms with Gasteiger partial charge in [-0.05, 0) is 56.4 Å². The van der Waals surface area contributed by atoms with Gasteiger partial charge < -0.3 is 20.1 Å². The fraction of sp³-hybridized carbons (Fsp3) is 0.500. The lowest BCUT2D eigenvalue weighted by molar-refractivity contribution is -0.139. The molecule has 7 heteroatoms. The Morgan fingerprint density at radius 1 is 1.24 bits per heavy atom. The van der Waals surface area contributed by atoms with Gasteiger partial charge in [-0.1, -0.05) is 0 Å². The number of amides is 2. The molecule has 1 heterocycles. The van der Waals surface area contributed by atoms with Crippen LogP contribution in [-0.2, 0) is 9.59 Å². The number of carboxylic acid groups (broad SMARTS) is 1. The minimum Gasteiger partial charge on any atom is -0.481 e. The number of carboxylic acids is 1. The van der Waals surface area contributed by atoms with E-state index in [1.807, 2.05) is 0 Å². The van der Waals surface area contributed by atoms with Gasteiger partial charge in [0.1, 0.15) is 11.8 Å². The number of benzene rings is 1. The van der Waals surface area contributed by atoms with Crippen LogP contribution in [0.4, 0.5) is 0 Å². The van der Waals surface area contributed by atoms with Crippen LogP contribution >= 0.6 is 0 Å². The highest BCUT2D eigenvalue weighted by Gasteiger charge is 2.32. The third-order valence-corrected chi connectivity index (χ3v) is 4.36. The summed E-state index contributed by atoms with van der Waals surface area (Å²) in [7, 11) is 1.57. The molecule has 1 aromatic carbocycles. The van der Waals surface area contributed by atoms with Crippen LogP contribution in [0, 0.1) is 13.8 Å². The summed E-state index contributed by atoms with van der Waals surface area (Å²) in [5.41, 5.74) is 1.87. The summed E-state index contributed by atoms with van der Waals surface area (Å²) in [6.45, 7) is 3.66. The molecule has 1 aromatic rings. The number of ether oxygens (including phenoxy) is 1. The van der Waals surface area contributed by atoms with Gasteiger partial charge in [0.05, 0.1) is 0 Å². The van der Waals surface area contributed by atoms with Crippen molar-refractivity contribution in [3.8, 4) is 5.75 Å². The average molecular weight is 348 g/mol. The fourth-order valence-electron chi connectivity index (χ4n) is 3.21. The number of aliphatic carboxylic acids is 1. The molecule has 0 aromatic heterocycles. The third kappa shape index (κ3) is 4.29. The molecule has 0 spiro atoms. The molecule has 1 fully saturated rings. The highest BCUT2D eigenvalue weighted by Crippen LogP contribution is 2.27. The Balaban J connectivity index is 2.26. The molecule has 0 aliphatic carbocycles. The Labute approximate surface area is 147 Å². The minimum atomic E-state index is -1.05. The lowest BCUT2D eigenvalue weighted by Gasteiger charge is -2.34. The molecule has 136 valence electrons. The first-order valence-electron chi connectivity index (χ1n) is 8.33. The van der Waals surface area contributed by atoms with Gasteiger partial charge in [0.2, 0.25) is 5.91 Å². The third-order valence-electron chi connectivity index (χ3n) is 4.36. The molecular weight excluding hydrogens is 324 g/mol. The Bertz CT molecular complexity index is 663. The normalized spacial score (nSPS) is 17.1. The number of hydrogen-bond donors (Lipinski definition) is 2. The average Bonchev–Trinajstić information content (AvgIpc) is 2.59. The van der Waals surface area contributed by atoms with Crippen molar-refractivity contribution in [1.82, 2.24) is 10.2 Å². The summed E-state index contributed by atoms with van der Waals surface area (Å²) in [4.78, 5) is 37.3. The van der Waals surface area contributed by atoms with Gasteiger partial charge in [0.15, 0.2) is 6.61 Å². The number of hydrogen-bond acceptors (Lipinski definition) is 4. The van der Waals surface area contributed by atoms with E-state index in [4.69, 9.17) is 9.84 Å². The summed E-state index contributed by atoms with van der Waals surface area (Å²) in [5, 5.41) is 11.4. The predicted molar refractivity (Wildman–Crippen MR) is 91.8 cm³/mol. The van der Waals surface area contributed by atoms with Crippen molar-refractivity contribution in [1.29, 1.82) is 0 Å². The maximum atomic E-state index is 12.9. The van der Waals surface area contributed by atoms with Crippen molar-refractivity contribution >= 4 is 17.8 Å². The zero-order valence-electron chi connectivity index (χ0n) is 14.8. The van der Waals surface area contributed by atoms with E-state index in [1.54, 1.807) is 37.9 Å². The number of likely N-dealkylation sites (tertiary alicyclic amines) is 1. The molecule has 1 saturated heterocycles. The van der Waals surface area contributed by atoms with Crippen LogP contribution in [0.25, 0.3) is 0 Å². The minimum absolute atomic E-state index is 0.150. The molecule has 0 saturated carbocycles. The second-order valence-corrected chi connectivity index (χ2v) is 6.25. The molecule has 7 nitrogen and oxygen atoms in total. The molecule has 2 rings (SSSR count). The molecule has 0 bridgehead atoms. The topological polar surface area (TPSA) is 95.9 Å². The van der Waals surface area contributed by atoms with Gasteiger partial charge in [-0.15, -0.1) is 0 Å². The van der Waals surface area contributed by atoms with Crippen LogP contribution in [-0.4, -0.2) is 54.0 Å². The zero-order valence-corrected chi connectivity index (χ0v) is 14.8. The predicted octanol–water partition coefficient (Wildman–Crippen LogP) is 1.51. The van der Waals surface area contributed by atoms with E-state index in [2.05, 4.69) is 5.32 Å². The van der Waals surface area contributed by atoms with E-state index in [9.17, 15) is 14.4 Å². The molecular formula is C18H24N2O5. The van der Waals surface area contributed by atoms with Crippen LogP contribution in [0.3, 0.4) is 0 Å². The van der Waals surface area contributed by atoms with Gasteiger partial charge >= 0.3 is 5.97 Å². The molecule has 25 heavy (non-hydrogen) atoms. The van der Waals surface area contributed by atoms with Crippen LogP contribution in [0.2, 0.25) is 0 Å². The van der Waals surface area contributed by atoms with Crippen LogP contribution in [0.1, 0.15) is 40.7 Å². The Morgan fingerprint density at radius 3 is 2.44 bits per heavy atom. The number of rotatable bonds is 5. The number of piperidine rings is 1. The first-order chi connectivity index (χ1) is 11.8. The summed E-state index contributed by atoms with van der Waals surface area (Å²) in [5.74, 6) is -0.923. The highest BCUT2D eigenvalue weighted by atomic mass is 16.5. The molecule has 0 radical (unpaired) electrons. The number of likely N-dealkylation sites (N-methyl/N-ethyl adjacent to an activating group) is 1. The number of nitrogens with one attached hydrogen (secondary N) is 1. The standard InChI is InChI=1S/C18H24N2O5/c1-11-8-13(9-12(2)16(11)25-10-15(21)22)18(24)20-7-5-4-6-14(20)17(23)19-3/h8-9,14H,4-7,10H2,1-3H3,(H,19,23)(H,21,22). The second kappa shape index (κ2) is 8.00. The number of carbonyl (C=O) groups is 3. The lowest BCUT2D eigenvalue weighted by Crippen LogP contribution is -2.51. The van der Waals surface area contributed by atoms with E-state index < -0.39 is 18.6 Å². The van der Waals surface area contributed by atoms with E-state index in [0.29, 0.717) is 35.4 Å². The Morgan fingerprint density at radius 2 is 1.88 bits per heavy atom. The number of nitrogens with zero attached hydrogens (tertiary/aromatic N) is 1. The lowest BCUT2D eigenvalue weighted by atomic mass is 9.98. The van der Waals surface area contributed by atoms with Crippen molar-refractivity contribution in [2.24, 2.45) is 0 Å². The van der Waals surface area contributed by atoms with Crippen molar-refractivity contribution in [2.75, 3.05) is 20.2 Å². The fourth-order valence-corrected chi connectivity index (χ4v) is 3.21. The number of aryl methyl sites for hydroxylation is 2. The van der Waals surface area contributed by atoms with Gasteiger partial charge in [-0.3, -0.25) is 9.59 Å². The molecule has 2 N–H and O–H groups in total. The molecule has 1 aliphatic rings. The Kier molecular flexibility index (Phi) is 6.01. The largest absolute Gasteiger partial charge is 0.481 e. The maximum Gasteiger partial charge on any atom is 0.341 e. The van der Waals surface area contributed by atoms with Crippen LogP contribution in [0.15, 0.2) is 12.1 Å². The van der Waals surface area contributed by atoms with Gasteiger partial charge in [0.25, 0.3) is 5.91 Å². The Hall–Kier alpha value is -2.57. The summed E-state index contributed by atoms with van der Waals surface area (Å²) in [6.07, 6.45) is 2.45. The van der Waals surface area contributed by atoms with Crippen LogP contribution < -0.4 is 10.1 Å². The SMILES string of the molecule is CNC(=O)C1CCCCN1C(=O)c1cc(C)c(OCC(=O)O)c(C)c1. The van der Waals surface area contributed by atoms with E-state index in [0.717, 1.165) is 12.8 Å². The molecule has 1 atom stereocenters. The van der Waals surface area contributed by atoms with Gasteiger partial charge in [0, 0.05) is 19.2 Å². The molecule has 1 unspecified atom stereocenters. The smallest absolute Gasteiger partial charge is 0.341 e. The van der Waals surface area contributed by atoms with Gasteiger partial charge in [-0.25, -0.2) is 4.79 Å². The van der Waals surface area contributed by atoms with E-state index in [-0.39, 0.29) is 11.8 Å². The summed E-state index contributed by atoms with van der Waals surface area (Å²) >= 11 is 0. The van der Waals surface area contributed by atoms with Gasteiger partial charge in [-0.2, -0.15) is 0 Å². The molecule has 1 aliphatic heterocycles.